The van der Waals surface area contributed by atoms with Gasteiger partial charge < -0.3 is 5.32 Å². The number of halogens is 1. The maximum Gasteiger partial charge on any atom is 0.233 e. The lowest BCUT2D eigenvalue weighted by Gasteiger charge is -2.13. The Morgan fingerprint density at radius 3 is 2.56 bits per heavy atom. The van der Waals surface area contributed by atoms with E-state index in [1.54, 1.807) is 24.5 Å². The summed E-state index contributed by atoms with van der Waals surface area (Å²) in [4.78, 5) is 16.4. The Hall–Kier alpha value is -2.74. The van der Waals surface area contributed by atoms with Crippen LogP contribution in [-0.4, -0.2) is 36.9 Å². The predicted molar refractivity (Wildman–Crippen MR) is 101 cm³/mol. The molecule has 27 heavy (non-hydrogen) atoms. The average molecular weight is 383 g/mol. The van der Waals surface area contributed by atoms with E-state index in [-0.39, 0.29) is 17.0 Å². The van der Waals surface area contributed by atoms with Crippen LogP contribution in [0, 0.1) is 5.82 Å². The van der Waals surface area contributed by atoms with Gasteiger partial charge in [0.25, 0.3) is 0 Å². The van der Waals surface area contributed by atoms with Gasteiger partial charge in [-0.2, -0.15) is 0 Å². The van der Waals surface area contributed by atoms with Crippen LogP contribution in [0.1, 0.15) is 19.8 Å². The van der Waals surface area contributed by atoms with Gasteiger partial charge in [-0.3, -0.25) is 14.3 Å². The summed E-state index contributed by atoms with van der Waals surface area (Å²) in [7, 11) is 0. The Morgan fingerprint density at radius 2 is 1.89 bits per heavy atom. The number of hydrogen-bond acceptors (Lipinski definition) is 5. The van der Waals surface area contributed by atoms with Crippen molar-refractivity contribution in [3.63, 3.8) is 0 Å². The molecule has 4 rings (SSSR count). The number of hydrogen-bond donors (Lipinski definition) is 1. The lowest BCUT2D eigenvalue weighted by molar-refractivity contribution is -0.120. The van der Waals surface area contributed by atoms with E-state index in [0.717, 1.165) is 24.1 Å². The average Bonchev–Trinajstić information content (AvgIpc) is 3.40. The number of carbonyl (C=O) groups excluding carboxylic acids is 1. The summed E-state index contributed by atoms with van der Waals surface area (Å²) in [5.41, 5.74) is 1.56. The third-order valence-corrected chi connectivity index (χ3v) is 5.27. The van der Waals surface area contributed by atoms with E-state index in [2.05, 4.69) is 20.5 Å². The van der Waals surface area contributed by atoms with Crippen molar-refractivity contribution in [2.75, 3.05) is 0 Å². The molecular weight excluding hydrogens is 365 g/mol. The summed E-state index contributed by atoms with van der Waals surface area (Å²) in [6, 6.07) is 10.1. The first-order chi connectivity index (χ1) is 13.1. The Balaban J connectivity index is 1.69. The first-order valence-corrected chi connectivity index (χ1v) is 9.58. The lowest BCUT2D eigenvalue weighted by Crippen LogP contribution is -2.32. The number of rotatable bonds is 6. The highest BCUT2D eigenvalue weighted by molar-refractivity contribution is 8.00. The Bertz CT molecular complexity index is 940. The summed E-state index contributed by atoms with van der Waals surface area (Å²) in [6.07, 6.45) is 5.44. The molecule has 1 aliphatic rings. The number of pyridine rings is 1. The molecule has 1 aliphatic carbocycles. The van der Waals surface area contributed by atoms with Gasteiger partial charge in [0.1, 0.15) is 5.82 Å². The van der Waals surface area contributed by atoms with Gasteiger partial charge in [0.2, 0.25) is 5.91 Å². The quantitative estimate of drug-likeness (QED) is 0.662. The van der Waals surface area contributed by atoms with Crippen LogP contribution in [0.25, 0.3) is 17.1 Å². The highest BCUT2D eigenvalue weighted by Gasteiger charge is 2.27. The number of benzene rings is 1. The molecule has 0 bridgehead atoms. The molecule has 1 N–H and O–H groups in total. The van der Waals surface area contributed by atoms with E-state index in [1.807, 2.05) is 23.6 Å². The fraction of sp³-hybridized carbons (Fsp3) is 0.263. The summed E-state index contributed by atoms with van der Waals surface area (Å²) in [5, 5.41) is 11.9. The minimum Gasteiger partial charge on any atom is -0.352 e. The van der Waals surface area contributed by atoms with Crippen LogP contribution < -0.4 is 5.32 Å². The van der Waals surface area contributed by atoms with Gasteiger partial charge in [-0.1, -0.05) is 11.8 Å². The van der Waals surface area contributed by atoms with Crippen LogP contribution in [-0.2, 0) is 4.79 Å². The van der Waals surface area contributed by atoms with Crippen LogP contribution in [0.4, 0.5) is 4.39 Å². The number of nitrogens with one attached hydrogen (secondary N) is 1. The molecule has 0 saturated heterocycles. The van der Waals surface area contributed by atoms with E-state index in [1.165, 1.54) is 23.9 Å². The minimum atomic E-state index is -0.320. The molecule has 0 spiro atoms. The molecule has 2 heterocycles. The topological polar surface area (TPSA) is 72.7 Å². The van der Waals surface area contributed by atoms with Gasteiger partial charge in [-0.05, 0) is 56.2 Å². The minimum absolute atomic E-state index is 0.0124. The van der Waals surface area contributed by atoms with Crippen molar-refractivity contribution in [3.05, 3.63) is 54.6 Å². The van der Waals surface area contributed by atoms with Crippen molar-refractivity contribution < 1.29 is 9.18 Å². The van der Waals surface area contributed by atoms with E-state index in [0.29, 0.717) is 17.0 Å². The standard InChI is InChI=1S/C19H18FN5OS/c1-12(18(26)22-15-4-5-15)27-19-24-23-17(13-8-10-21-11-9-13)25(19)16-6-2-14(20)3-7-16/h2-3,6-12,15H,4-5H2,1H3,(H,22,26)/t12-/m1/s1. The molecular formula is C19H18FN5OS. The van der Waals surface area contributed by atoms with Crippen molar-refractivity contribution in [1.29, 1.82) is 0 Å². The zero-order valence-electron chi connectivity index (χ0n) is 14.7. The second-order valence-electron chi connectivity index (χ2n) is 6.40. The summed E-state index contributed by atoms with van der Waals surface area (Å²) in [5.74, 6) is 0.284. The summed E-state index contributed by atoms with van der Waals surface area (Å²) < 4.78 is 15.2. The zero-order valence-corrected chi connectivity index (χ0v) is 15.5. The van der Waals surface area contributed by atoms with Gasteiger partial charge in [0.15, 0.2) is 11.0 Å². The number of amides is 1. The molecule has 0 aliphatic heterocycles. The maximum absolute atomic E-state index is 13.4. The number of aromatic nitrogens is 4. The Labute approximate surface area is 160 Å². The molecule has 1 aromatic carbocycles. The number of thioether (sulfide) groups is 1. The van der Waals surface area contributed by atoms with Gasteiger partial charge in [-0.15, -0.1) is 10.2 Å². The van der Waals surface area contributed by atoms with E-state index in [4.69, 9.17) is 0 Å². The van der Waals surface area contributed by atoms with Crippen LogP contribution in [0.5, 0.6) is 0 Å². The molecule has 0 radical (unpaired) electrons. The zero-order chi connectivity index (χ0) is 18.8. The summed E-state index contributed by atoms with van der Waals surface area (Å²) >= 11 is 1.33. The van der Waals surface area contributed by atoms with Crippen molar-refractivity contribution in [1.82, 2.24) is 25.1 Å². The van der Waals surface area contributed by atoms with Crippen LogP contribution in [0.3, 0.4) is 0 Å². The van der Waals surface area contributed by atoms with Crippen molar-refractivity contribution in [3.8, 4) is 17.1 Å². The van der Waals surface area contributed by atoms with Gasteiger partial charge in [0, 0.05) is 29.7 Å². The first kappa shape index (κ1) is 17.7. The van der Waals surface area contributed by atoms with Crippen LogP contribution >= 0.6 is 11.8 Å². The summed E-state index contributed by atoms with van der Waals surface area (Å²) in [6.45, 7) is 1.85. The van der Waals surface area contributed by atoms with Crippen LogP contribution in [0.2, 0.25) is 0 Å². The fourth-order valence-electron chi connectivity index (χ4n) is 2.61. The van der Waals surface area contributed by atoms with E-state index in [9.17, 15) is 9.18 Å². The van der Waals surface area contributed by atoms with Crippen molar-refractivity contribution in [2.45, 2.75) is 36.2 Å². The van der Waals surface area contributed by atoms with Crippen molar-refractivity contribution in [2.24, 2.45) is 0 Å². The normalized spacial score (nSPS) is 14.7. The molecule has 1 saturated carbocycles. The fourth-order valence-corrected chi connectivity index (χ4v) is 3.49. The predicted octanol–water partition coefficient (Wildman–Crippen LogP) is 3.23. The smallest absolute Gasteiger partial charge is 0.233 e. The SMILES string of the molecule is C[C@@H](Sc1nnc(-c2ccncc2)n1-c1ccc(F)cc1)C(=O)NC1CC1. The van der Waals surface area contributed by atoms with E-state index >= 15 is 0 Å². The molecule has 0 unspecified atom stereocenters. The molecule has 138 valence electrons. The largest absolute Gasteiger partial charge is 0.352 e. The highest BCUT2D eigenvalue weighted by atomic mass is 32.2. The molecule has 2 aromatic heterocycles. The molecule has 6 nitrogen and oxygen atoms in total. The second-order valence-corrected chi connectivity index (χ2v) is 7.70. The Morgan fingerprint density at radius 1 is 1.19 bits per heavy atom. The van der Waals surface area contributed by atoms with Gasteiger partial charge in [0.05, 0.1) is 5.25 Å². The van der Waals surface area contributed by atoms with Crippen molar-refractivity contribution >= 4 is 17.7 Å². The monoisotopic (exact) mass is 383 g/mol. The maximum atomic E-state index is 13.4. The third kappa shape index (κ3) is 4.00. The number of nitrogens with zero attached hydrogens (tertiary/aromatic N) is 4. The first-order valence-electron chi connectivity index (χ1n) is 8.70. The third-order valence-electron chi connectivity index (χ3n) is 4.23. The second kappa shape index (κ2) is 7.48. The molecule has 8 heteroatoms. The van der Waals surface area contributed by atoms with Gasteiger partial charge >= 0.3 is 0 Å². The molecule has 3 aromatic rings. The Kier molecular flexibility index (Phi) is 4.89. The highest BCUT2D eigenvalue weighted by Crippen LogP contribution is 2.30. The number of carbonyl (C=O) groups is 1. The molecule has 1 fully saturated rings. The molecule has 1 amide bonds. The van der Waals surface area contributed by atoms with Crippen LogP contribution in [0.15, 0.2) is 53.9 Å². The molecule has 1 atom stereocenters. The van der Waals surface area contributed by atoms with E-state index < -0.39 is 0 Å². The lowest BCUT2D eigenvalue weighted by atomic mass is 10.2. The van der Waals surface area contributed by atoms with Gasteiger partial charge in [-0.25, -0.2) is 4.39 Å².